The number of hydrogen-bond donors (Lipinski definition) is 3. The van der Waals surface area contributed by atoms with Crippen molar-refractivity contribution in [2.75, 3.05) is 25.5 Å². The lowest BCUT2D eigenvalue weighted by molar-refractivity contribution is -0.173. The number of rotatable bonds is 9. The molecule has 1 saturated heterocycles. The Bertz CT molecular complexity index is 1080. The maximum atomic E-state index is 12.3. The molecule has 0 spiro atoms. The predicted molar refractivity (Wildman–Crippen MR) is 113 cm³/mol. The number of nitrogens with one attached hydrogen (secondary N) is 1. The number of aliphatic hydroxyl groups excluding tert-OH is 1. The highest BCUT2D eigenvalue weighted by Gasteiger charge is 2.46. The molecule has 0 bridgehead atoms. The van der Waals surface area contributed by atoms with Crippen molar-refractivity contribution in [3.63, 3.8) is 0 Å². The molecule has 0 saturated carbocycles. The van der Waals surface area contributed by atoms with Crippen molar-refractivity contribution in [1.29, 1.82) is 0 Å². The number of aliphatic hydroxyl groups is 1. The Labute approximate surface area is 196 Å². The van der Waals surface area contributed by atoms with Gasteiger partial charge in [-0.2, -0.15) is 18.2 Å². The molecule has 0 radical (unpaired) electrons. The molecule has 14 heteroatoms. The third-order valence-corrected chi connectivity index (χ3v) is 5.00. The number of aromatic nitrogens is 2. The molecular formula is C21H23F3N4O7. The van der Waals surface area contributed by atoms with E-state index in [2.05, 4.69) is 4.98 Å². The van der Waals surface area contributed by atoms with Gasteiger partial charge in [-0.05, 0) is 24.6 Å². The second-order valence-corrected chi connectivity index (χ2v) is 7.51. The Balaban J connectivity index is 1.65. The first-order valence-corrected chi connectivity index (χ1v) is 10.4. The summed E-state index contributed by atoms with van der Waals surface area (Å²) in [6, 6.07) is 9.42. The van der Waals surface area contributed by atoms with Crippen LogP contribution in [0, 0.1) is 0 Å². The molecule has 1 aromatic heterocycles. The van der Waals surface area contributed by atoms with Crippen LogP contribution in [0.2, 0.25) is 0 Å². The summed E-state index contributed by atoms with van der Waals surface area (Å²) in [6.07, 6.45) is -8.59. The van der Waals surface area contributed by atoms with Gasteiger partial charge < -0.3 is 30.4 Å². The van der Waals surface area contributed by atoms with Gasteiger partial charge in [0.05, 0.1) is 5.56 Å². The van der Waals surface area contributed by atoms with E-state index in [1.54, 1.807) is 35.6 Å². The molecule has 0 unspecified atom stereocenters. The highest BCUT2D eigenvalue weighted by atomic mass is 19.4. The number of carbonyl (C=O) groups is 2. The number of nitrogens with two attached hydrogens (primary N) is 1. The smallest absolute Gasteiger partial charge is 0.459 e. The standard InChI is InChI=1S/C21H23F3N4O7/c22-21(23,24)19(31)26-8-4-10-33-16-15(29)13(11-34-18(30)12-5-2-1-3-6-12)35-17(16)28-9-7-14(25)27-20(28)32/h1-3,5-7,9,13,15-17,29H,4,8,10-11H2,(H,26,31)(H2,25,27,32)/t13-,15-,16-,17-/m1/s1. The van der Waals surface area contributed by atoms with E-state index >= 15 is 0 Å². The van der Waals surface area contributed by atoms with Gasteiger partial charge in [0, 0.05) is 19.3 Å². The van der Waals surface area contributed by atoms with E-state index < -0.39 is 48.3 Å². The number of anilines is 1. The third kappa shape index (κ3) is 6.77. The second kappa shape index (κ2) is 11.3. The van der Waals surface area contributed by atoms with E-state index in [-0.39, 0.29) is 37.6 Å². The minimum atomic E-state index is -5.00. The van der Waals surface area contributed by atoms with Crippen LogP contribution in [0.15, 0.2) is 47.4 Å². The molecule has 2 aromatic rings. The van der Waals surface area contributed by atoms with Gasteiger partial charge in [-0.25, -0.2) is 9.59 Å². The van der Waals surface area contributed by atoms with Gasteiger partial charge in [0.25, 0.3) is 0 Å². The molecule has 1 aliphatic rings. The van der Waals surface area contributed by atoms with Gasteiger partial charge in [0.15, 0.2) is 6.23 Å². The Kier molecular flexibility index (Phi) is 8.43. The van der Waals surface area contributed by atoms with Crippen LogP contribution in [-0.2, 0) is 19.0 Å². The zero-order valence-corrected chi connectivity index (χ0v) is 18.2. The van der Waals surface area contributed by atoms with E-state index in [1.807, 2.05) is 0 Å². The molecule has 35 heavy (non-hydrogen) atoms. The molecule has 4 N–H and O–H groups in total. The average molecular weight is 500 g/mol. The first kappa shape index (κ1) is 26.1. The first-order chi connectivity index (χ1) is 16.6. The highest BCUT2D eigenvalue weighted by molar-refractivity contribution is 5.89. The summed E-state index contributed by atoms with van der Waals surface area (Å²) in [5.41, 5.74) is 4.99. The number of benzene rings is 1. The van der Waals surface area contributed by atoms with Crippen LogP contribution in [0.25, 0.3) is 0 Å². The van der Waals surface area contributed by atoms with Crippen LogP contribution >= 0.6 is 0 Å². The molecule has 11 nitrogen and oxygen atoms in total. The van der Waals surface area contributed by atoms with Crippen molar-refractivity contribution in [1.82, 2.24) is 14.9 Å². The quantitative estimate of drug-likeness (QED) is 0.328. The summed E-state index contributed by atoms with van der Waals surface area (Å²) in [4.78, 5) is 39.0. The number of esters is 1. The lowest BCUT2D eigenvalue weighted by atomic mass is 10.1. The van der Waals surface area contributed by atoms with E-state index in [1.165, 1.54) is 12.3 Å². The summed E-state index contributed by atoms with van der Waals surface area (Å²) in [7, 11) is 0. The second-order valence-electron chi connectivity index (χ2n) is 7.51. The van der Waals surface area contributed by atoms with E-state index in [9.17, 15) is 32.7 Å². The molecule has 1 amide bonds. The van der Waals surface area contributed by atoms with Gasteiger partial charge in [-0.15, -0.1) is 0 Å². The topological polar surface area (TPSA) is 155 Å². The summed E-state index contributed by atoms with van der Waals surface area (Å²) in [6.45, 7) is -0.897. The molecule has 3 rings (SSSR count). The molecule has 2 heterocycles. The summed E-state index contributed by atoms with van der Waals surface area (Å²) in [5.74, 6) is -2.79. The van der Waals surface area contributed by atoms with E-state index in [0.29, 0.717) is 0 Å². The Morgan fingerprint density at radius 1 is 1.23 bits per heavy atom. The molecule has 0 aliphatic carbocycles. The Morgan fingerprint density at radius 3 is 2.60 bits per heavy atom. The first-order valence-electron chi connectivity index (χ1n) is 10.4. The monoisotopic (exact) mass is 500 g/mol. The molecule has 1 fully saturated rings. The van der Waals surface area contributed by atoms with Crippen LogP contribution in [0.1, 0.15) is 23.0 Å². The fourth-order valence-corrected chi connectivity index (χ4v) is 3.29. The van der Waals surface area contributed by atoms with Gasteiger partial charge in [0.1, 0.15) is 30.7 Å². The minimum Gasteiger partial charge on any atom is -0.459 e. The molecule has 1 aromatic carbocycles. The third-order valence-electron chi connectivity index (χ3n) is 5.00. The van der Waals surface area contributed by atoms with E-state index in [0.717, 1.165) is 4.57 Å². The zero-order valence-electron chi connectivity index (χ0n) is 18.2. The number of amides is 1. The number of nitrogen functional groups attached to an aromatic ring is 1. The Morgan fingerprint density at radius 2 is 1.94 bits per heavy atom. The maximum Gasteiger partial charge on any atom is 0.471 e. The number of carbonyl (C=O) groups excluding carboxylic acids is 2. The van der Waals surface area contributed by atoms with Gasteiger partial charge >= 0.3 is 23.7 Å². The molecule has 190 valence electrons. The van der Waals surface area contributed by atoms with Crippen molar-refractivity contribution in [3.05, 3.63) is 58.6 Å². The summed E-state index contributed by atoms with van der Waals surface area (Å²) in [5, 5.41) is 12.4. The molecular weight excluding hydrogens is 477 g/mol. The summed E-state index contributed by atoms with van der Waals surface area (Å²) < 4.78 is 54.3. The molecule has 1 aliphatic heterocycles. The number of halogens is 3. The lowest BCUT2D eigenvalue weighted by Gasteiger charge is -2.22. The van der Waals surface area contributed by atoms with Crippen molar-refractivity contribution in [2.24, 2.45) is 0 Å². The highest BCUT2D eigenvalue weighted by Crippen LogP contribution is 2.31. The number of alkyl halides is 3. The predicted octanol–water partition coefficient (Wildman–Crippen LogP) is 0.395. The Hall–Kier alpha value is -3.49. The zero-order chi connectivity index (χ0) is 25.6. The normalized spacial score (nSPS) is 22.1. The fourth-order valence-electron chi connectivity index (χ4n) is 3.29. The van der Waals surface area contributed by atoms with Crippen molar-refractivity contribution < 1.29 is 42.1 Å². The summed E-state index contributed by atoms with van der Waals surface area (Å²) >= 11 is 0. The largest absolute Gasteiger partial charge is 0.471 e. The number of ether oxygens (including phenoxy) is 3. The van der Waals surface area contributed by atoms with Crippen LogP contribution in [0.5, 0.6) is 0 Å². The van der Waals surface area contributed by atoms with Crippen LogP contribution < -0.4 is 16.7 Å². The van der Waals surface area contributed by atoms with Crippen molar-refractivity contribution >= 4 is 17.7 Å². The number of nitrogens with zero attached hydrogens (tertiary/aromatic N) is 2. The van der Waals surface area contributed by atoms with Gasteiger partial charge in [-0.1, -0.05) is 18.2 Å². The van der Waals surface area contributed by atoms with Crippen molar-refractivity contribution in [2.45, 2.75) is 37.1 Å². The van der Waals surface area contributed by atoms with Crippen molar-refractivity contribution in [3.8, 4) is 0 Å². The maximum absolute atomic E-state index is 12.3. The molecule has 4 atom stereocenters. The average Bonchev–Trinajstić information content (AvgIpc) is 3.12. The van der Waals surface area contributed by atoms with Crippen LogP contribution in [-0.4, -0.2) is 70.8 Å². The fraction of sp³-hybridized carbons (Fsp3) is 0.429. The SMILES string of the molecule is Nc1ccn([C@@H]2O[C@H](COC(=O)c3ccccc3)[C@@H](O)[C@H]2OCCCNC(=O)C(F)(F)F)c(=O)n1. The van der Waals surface area contributed by atoms with E-state index in [4.69, 9.17) is 19.9 Å². The van der Waals surface area contributed by atoms with Gasteiger partial charge in [0.2, 0.25) is 0 Å². The minimum absolute atomic E-state index is 0.0275. The van der Waals surface area contributed by atoms with Gasteiger partial charge in [-0.3, -0.25) is 9.36 Å². The van der Waals surface area contributed by atoms with Crippen LogP contribution in [0.4, 0.5) is 19.0 Å². The number of hydrogen-bond acceptors (Lipinski definition) is 9. The lowest BCUT2D eigenvalue weighted by Crippen LogP contribution is -2.40. The van der Waals surface area contributed by atoms with Crippen LogP contribution in [0.3, 0.4) is 0 Å².